The van der Waals surface area contributed by atoms with Gasteiger partial charge in [-0.25, -0.2) is 9.36 Å². The standard InChI is InChI=1S/C24H20ClN5O4/c1-3-34-19(31)14-29-22(32)20-21(27(2)24(29)33)26-23-28(20)13-18(15-9-5-4-6-10-15)30(23)17-12-8-7-11-16(17)25/h4-13H,3,14H2,1-2H3. The second-order valence-corrected chi connectivity index (χ2v) is 8.07. The number of para-hydroxylation sites is 1. The molecular formula is C24H20ClN5O4. The topological polar surface area (TPSA) is 92.5 Å². The number of hydrogen-bond donors (Lipinski definition) is 0. The molecule has 5 aromatic rings. The van der Waals surface area contributed by atoms with Crippen LogP contribution in [0.3, 0.4) is 0 Å². The van der Waals surface area contributed by atoms with Crippen LogP contribution in [0.1, 0.15) is 6.92 Å². The van der Waals surface area contributed by atoms with E-state index in [2.05, 4.69) is 4.98 Å². The van der Waals surface area contributed by atoms with E-state index < -0.39 is 23.8 Å². The SMILES string of the molecule is CCOC(=O)Cn1c(=O)c2c(nc3n(-c4ccccc4Cl)c(-c4ccccc4)cn23)n(C)c1=O. The van der Waals surface area contributed by atoms with Crippen molar-refractivity contribution in [3.05, 3.63) is 86.7 Å². The molecule has 0 aliphatic heterocycles. The smallest absolute Gasteiger partial charge is 0.333 e. The zero-order valence-corrected chi connectivity index (χ0v) is 19.2. The Labute approximate surface area is 198 Å². The molecule has 34 heavy (non-hydrogen) atoms. The number of aryl methyl sites for hydroxylation is 1. The summed E-state index contributed by atoms with van der Waals surface area (Å²) in [5.41, 5.74) is 1.40. The average molecular weight is 478 g/mol. The number of hydrogen-bond acceptors (Lipinski definition) is 5. The Bertz CT molecular complexity index is 1680. The Morgan fingerprint density at radius 1 is 1.06 bits per heavy atom. The molecule has 3 heterocycles. The van der Waals surface area contributed by atoms with Gasteiger partial charge in [-0.15, -0.1) is 0 Å². The van der Waals surface area contributed by atoms with Crippen molar-refractivity contribution in [2.45, 2.75) is 13.5 Å². The van der Waals surface area contributed by atoms with Gasteiger partial charge in [0.2, 0.25) is 5.78 Å². The Kier molecular flexibility index (Phi) is 5.33. The van der Waals surface area contributed by atoms with Gasteiger partial charge in [0.05, 0.1) is 23.0 Å². The monoisotopic (exact) mass is 477 g/mol. The van der Waals surface area contributed by atoms with Crippen LogP contribution in [0.4, 0.5) is 0 Å². The van der Waals surface area contributed by atoms with E-state index in [4.69, 9.17) is 16.3 Å². The molecule has 0 spiro atoms. The van der Waals surface area contributed by atoms with Crippen molar-refractivity contribution in [2.75, 3.05) is 6.61 Å². The lowest BCUT2D eigenvalue weighted by Gasteiger charge is -2.10. The molecule has 9 nitrogen and oxygen atoms in total. The van der Waals surface area contributed by atoms with Crippen molar-refractivity contribution in [1.82, 2.24) is 23.1 Å². The fourth-order valence-corrected chi connectivity index (χ4v) is 4.27. The summed E-state index contributed by atoms with van der Waals surface area (Å²) in [6.07, 6.45) is 1.78. The molecule has 0 atom stereocenters. The first-order chi connectivity index (χ1) is 16.4. The first-order valence-electron chi connectivity index (χ1n) is 10.6. The fourth-order valence-electron chi connectivity index (χ4n) is 4.05. The summed E-state index contributed by atoms with van der Waals surface area (Å²) in [5, 5.41) is 0.499. The molecule has 0 unspecified atom stereocenters. The first kappa shape index (κ1) is 21.7. The molecule has 0 saturated carbocycles. The van der Waals surface area contributed by atoms with Crippen molar-refractivity contribution in [2.24, 2.45) is 7.05 Å². The summed E-state index contributed by atoms with van der Waals surface area (Å²) in [7, 11) is 1.51. The summed E-state index contributed by atoms with van der Waals surface area (Å²) in [6.45, 7) is 1.32. The van der Waals surface area contributed by atoms with Crippen molar-refractivity contribution < 1.29 is 9.53 Å². The van der Waals surface area contributed by atoms with Crippen LogP contribution < -0.4 is 11.2 Å². The van der Waals surface area contributed by atoms with Crippen LogP contribution in [0.15, 0.2) is 70.4 Å². The number of fused-ring (bicyclic) bond motifs is 3. The van der Waals surface area contributed by atoms with Gasteiger partial charge in [0.25, 0.3) is 5.56 Å². The molecule has 0 saturated heterocycles. The summed E-state index contributed by atoms with van der Waals surface area (Å²) < 4.78 is 10.5. The Morgan fingerprint density at radius 2 is 1.76 bits per heavy atom. The van der Waals surface area contributed by atoms with E-state index in [9.17, 15) is 14.4 Å². The minimum Gasteiger partial charge on any atom is -0.465 e. The molecule has 0 N–H and O–H groups in total. The van der Waals surface area contributed by atoms with Gasteiger partial charge in [0.15, 0.2) is 11.2 Å². The summed E-state index contributed by atoms with van der Waals surface area (Å²) in [6, 6.07) is 16.9. The maximum Gasteiger partial charge on any atom is 0.333 e. The van der Waals surface area contributed by atoms with Gasteiger partial charge in [-0.2, -0.15) is 4.98 Å². The number of ether oxygens (including phenoxy) is 1. The maximum absolute atomic E-state index is 13.4. The maximum atomic E-state index is 13.4. The van der Waals surface area contributed by atoms with Crippen molar-refractivity contribution >= 4 is 34.5 Å². The average Bonchev–Trinajstić information content (AvgIpc) is 3.38. The molecule has 3 aromatic heterocycles. The highest BCUT2D eigenvalue weighted by Crippen LogP contribution is 2.31. The zero-order valence-electron chi connectivity index (χ0n) is 18.4. The molecule has 0 radical (unpaired) electrons. The van der Waals surface area contributed by atoms with E-state index in [1.54, 1.807) is 23.6 Å². The number of carbonyl (C=O) groups excluding carboxylic acids is 1. The molecule has 0 fully saturated rings. The Morgan fingerprint density at radius 3 is 2.47 bits per heavy atom. The van der Waals surface area contributed by atoms with Crippen LogP contribution in [-0.4, -0.2) is 35.7 Å². The van der Waals surface area contributed by atoms with Gasteiger partial charge in [-0.05, 0) is 19.1 Å². The molecule has 0 aliphatic carbocycles. The van der Waals surface area contributed by atoms with E-state index in [0.717, 1.165) is 15.8 Å². The van der Waals surface area contributed by atoms with Gasteiger partial charge >= 0.3 is 11.7 Å². The number of aromatic nitrogens is 5. The van der Waals surface area contributed by atoms with Crippen LogP contribution >= 0.6 is 11.6 Å². The van der Waals surface area contributed by atoms with Crippen molar-refractivity contribution in [3.8, 4) is 16.9 Å². The van der Waals surface area contributed by atoms with Crippen LogP contribution in [0.5, 0.6) is 0 Å². The molecular weight excluding hydrogens is 458 g/mol. The largest absolute Gasteiger partial charge is 0.465 e. The predicted molar refractivity (Wildman–Crippen MR) is 129 cm³/mol. The molecule has 0 aliphatic rings. The van der Waals surface area contributed by atoms with Crippen LogP contribution in [0.25, 0.3) is 33.9 Å². The summed E-state index contributed by atoms with van der Waals surface area (Å²) in [5.74, 6) is -0.261. The third-order valence-electron chi connectivity index (χ3n) is 5.61. The van der Waals surface area contributed by atoms with E-state index in [1.165, 1.54) is 11.6 Å². The highest BCUT2D eigenvalue weighted by molar-refractivity contribution is 6.32. The summed E-state index contributed by atoms with van der Waals surface area (Å²) in [4.78, 5) is 43.0. The lowest BCUT2D eigenvalue weighted by molar-refractivity contribution is -0.143. The number of benzene rings is 2. The number of imidazole rings is 2. The normalized spacial score (nSPS) is 11.4. The quantitative estimate of drug-likeness (QED) is 0.363. The fraction of sp³-hybridized carbons (Fsp3) is 0.167. The van der Waals surface area contributed by atoms with E-state index in [-0.39, 0.29) is 17.8 Å². The van der Waals surface area contributed by atoms with Crippen LogP contribution in [0, 0.1) is 0 Å². The third kappa shape index (κ3) is 3.32. The lowest BCUT2D eigenvalue weighted by atomic mass is 10.1. The Balaban J connectivity index is 1.88. The van der Waals surface area contributed by atoms with Crippen molar-refractivity contribution in [1.29, 1.82) is 0 Å². The molecule has 2 aromatic carbocycles. The molecule has 172 valence electrons. The molecule has 10 heteroatoms. The van der Waals surface area contributed by atoms with Gasteiger partial charge in [0, 0.05) is 18.8 Å². The highest BCUT2D eigenvalue weighted by Gasteiger charge is 2.24. The van der Waals surface area contributed by atoms with E-state index in [1.807, 2.05) is 53.1 Å². The molecule has 0 bridgehead atoms. The first-order valence-corrected chi connectivity index (χ1v) is 11.0. The third-order valence-corrected chi connectivity index (χ3v) is 5.92. The zero-order chi connectivity index (χ0) is 24.0. The minimum atomic E-state index is -0.666. The number of rotatable bonds is 5. The second-order valence-electron chi connectivity index (χ2n) is 7.66. The minimum absolute atomic E-state index is 0.147. The summed E-state index contributed by atoms with van der Waals surface area (Å²) >= 11 is 6.54. The van der Waals surface area contributed by atoms with Crippen molar-refractivity contribution in [3.63, 3.8) is 0 Å². The van der Waals surface area contributed by atoms with Crippen LogP contribution in [-0.2, 0) is 23.1 Å². The predicted octanol–water partition coefficient (Wildman–Crippen LogP) is 3.02. The number of halogens is 1. The number of esters is 1. The molecule has 5 rings (SSSR count). The molecule has 0 amide bonds. The van der Waals surface area contributed by atoms with E-state index in [0.29, 0.717) is 16.5 Å². The number of carbonyl (C=O) groups is 1. The number of nitrogens with zero attached hydrogens (tertiary/aromatic N) is 5. The van der Waals surface area contributed by atoms with Gasteiger partial charge in [-0.1, -0.05) is 54.1 Å². The van der Waals surface area contributed by atoms with Crippen LogP contribution in [0.2, 0.25) is 5.02 Å². The van der Waals surface area contributed by atoms with Gasteiger partial charge < -0.3 is 4.74 Å². The van der Waals surface area contributed by atoms with Gasteiger partial charge in [-0.3, -0.25) is 23.1 Å². The highest BCUT2D eigenvalue weighted by atomic mass is 35.5. The lowest BCUT2D eigenvalue weighted by Crippen LogP contribution is -2.41. The van der Waals surface area contributed by atoms with E-state index >= 15 is 0 Å². The second kappa shape index (κ2) is 8.35. The van der Waals surface area contributed by atoms with Gasteiger partial charge in [0.1, 0.15) is 6.54 Å². The Hall–Kier alpha value is -4.11.